The van der Waals surface area contributed by atoms with Crippen LogP contribution in [-0.2, 0) is 0 Å². The molecule has 1 unspecified atom stereocenters. The minimum atomic E-state index is -0.604. The Kier molecular flexibility index (Phi) is 5.28. The molecule has 130 valence electrons. The van der Waals surface area contributed by atoms with E-state index in [0.717, 1.165) is 17.3 Å². The topological polar surface area (TPSA) is 98.4 Å². The molecule has 2 N–H and O–H groups in total. The summed E-state index contributed by atoms with van der Waals surface area (Å²) >= 11 is 3.33. The number of carbonyl (C=O) groups is 2. The van der Waals surface area contributed by atoms with E-state index in [2.05, 4.69) is 25.9 Å². The molecule has 1 fully saturated rings. The number of amides is 2. The van der Waals surface area contributed by atoms with Gasteiger partial charge in [0.1, 0.15) is 17.5 Å². The Morgan fingerprint density at radius 3 is 2.92 bits per heavy atom. The maximum Gasteiger partial charge on any atom is 0.267 e. The molecule has 0 saturated carbocycles. The number of carbonyl (C=O) groups excluding carboxylic acids is 2. The van der Waals surface area contributed by atoms with Gasteiger partial charge in [-0.2, -0.15) is 0 Å². The molecule has 25 heavy (non-hydrogen) atoms. The van der Waals surface area contributed by atoms with Gasteiger partial charge in [-0.3, -0.25) is 19.6 Å². The number of primary amides is 1. The van der Waals surface area contributed by atoms with Crippen molar-refractivity contribution in [1.29, 1.82) is 0 Å². The molecule has 0 bridgehead atoms. The average molecular weight is 405 g/mol. The van der Waals surface area contributed by atoms with Gasteiger partial charge in [-0.25, -0.2) is 0 Å². The lowest BCUT2D eigenvalue weighted by Gasteiger charge is -2.33. The first-order chi connectivity index (χ1) is 12.0. The molecule has 1 aliphatic heterocycles. The first kappa shape index (κ1) is 17.3. The molecule has 2 aromatic heterocycles. The van der Waals surface area contributed by atoms with E-state index in [4.69, 9.17) is 10.5 Å². The minimum absolute atomic E-state index is 0.0744. The number of hydrogen-bond donors (Lipinski definition) is 1. The Morgan fingerprint density at radius 1 is 1.32 bits per heavy atom. The molecule has 8 heteroatoms. The van der Waals surface area contributed by atoms with Crippen molar-refractivity contribution in [1.82, 2.24) is 14.9 Å². The molecule has 7 nitrogen and oxygen atoms in total. The van der Waals surface area contributed by atoms with Crippen LogP contribution in [0.4, 0.5) is 0 Å². The number of pyridine rings is 2. The van der Waals surface area contributed by atoms with E-state index in [1.807, 2.05) is 0 Å². The van der Waals surface area contributed by atoms with Crippen LogP contribution >= 0.6 is 15.9 Å². The van der Waals surface area contributed by atoms with Crippen LogP contribution in [0.5, 0.6) is 5.75 Å². The third kappa shape index (κ3) is 4.33. The summed E-state index contributed by atoms with van der Waals surface area (Å²) in [5, 5.41) is 0. The fourth-order valence-electron chi connectivity index (χ4n) is 2.74. The predicted octanol–water partition coefficient (Wildman–Crippen LogP) is 2.02. The Bertz CT molecular complexity index is 799. The van der Waals surface area contributed by atoms with Gasteiger partial charge in [-0.1, -0.05) is 0 Å². The van der Waals surface area contributed by atoms with Gasteiger partial charge in [0.05, 0.1) is 12.1 Å². The third-order valence-electron chi connectivity index (χ3n) is 3.90. The summed E-state index contributed by atoms with van der Waals surface area (Å²) < 4.78 is 6.68. The van der Waals surface area contributed by atoms with Crippen molar-refractivity contribution in [2.24, 2.45) is 5.73 Å². The minimum Gasteiger partial charge on any atom is -0.488 e. The molecular formula is C17H17BrN4O3. The van der Waals surface area contributed by atoms with E-state index in [-0.39, 0.29) is 17.7 Å². The van der Waals surface area contributed by atoms with Crippen molar-refractivity contribution in [3.05, 3.63) is 52.5 Å². The second-order valence-corrected chi connectivity index (χ2v) is 6.68. The summed E-state index contributed by atoms with van der Waals surface area (Å²) in [6.45, 7) is 1.15. The molecule has 1 aliphatic rings. The van der Waals surface area contributed by atoms with Crippen LogP contribution in [0.25, 0.3) is 0 Å². The lowest BCUT2D eigenvalue weighted by atomic mass is 10.1. The van der Waals surface area contributed by atoms with Gasteiger partial charge in [0.15, 0.2) is 0 Å². The Balaban J connectivity index is 1.68. The van der Waals surface area contributed by atoms with Crippen LogP contribution in [0.1, 0.15) is 33.7 Å². The average Bonchev–Trinajstić information content (AvgIpc) is 2.61. The van der Waals surface area contributed by atoms with Crippen LogP contribution in [0.15, 0.2) is 41.3 Å². The second kappa shape index (κ2) is 7.60. The number of nitrogens with zero attached hydrogens (tertiary/aromatic N) is 3. The summed E-state index contributed by atoms with van der Waals surface area (Å²) in [6.07, 6.45) is 6.19. The summed E-state index contributed by atoms with van der Waals surface area (Å²) in [7, 11) is 0. The number of nitrogens with two attached hydrogens (primary N) is 1. The normalized spacial score (nSPS) is 17.2. The first-order valence-electron chi connectivity index (χ1n) is 7.85. The van der Waals surface area contributed by atoms with Gasteiger partial charge >= 0.3 is 0 Å². The smallest absolute Gasteiger partial charge is 0.267 e. The molecule has 1 atom stereocenters. The number of likely N-dealkylation sites (tertiary alicyclic amines) is 1. The molecule has 0 aliphatic carbocycles. The van der Waals surface area contributed by atoms with Crippen LogP contribution in [-0.4, -0.2) is 45.9 Å². The molecule has 2 aromatic rings. The van der Waals surface area contributed by atoms with Crippen molar-refractivity contribution >= 4 is 27.7 Å². The second-order valence-electron chi connectivity index (χ2n) is 5.77. The van der Waals surface area contributed by atoms with Crippen LogP contribution in [0.2, 0.25) is 0 Å². The van der Waals surface area contributed by atoms with Crippen molar-refractivity contribution < 1.29 is 14.3 Å². The summed E-state index contributed by atoms with van der Waals surface area (Å²) in [5.41, 5.74) is 5.93. The molecule has 1 saturated heterocycles. The molecule has 0 radical (unpaired) electrons. The van der Waals surface area contributed by atoms with E-state index >= 15 is 0 Å². The van der Waals surface area contributed by atoms with E-state index < -0.39 is 5.91 Å². The number of ether oxygens (including phenoxy) is 1. The molecular weight excluding hydrogens is 388 g/mol. The zero-order chi connectivity index (χ0) is 17.8. The highest BCUT2D eigenvalue weighted by molar-refractivity contribution is 9.10. The van der Waals surface area contributed by atoms with Crippen LogP contribution < -0.4 is 10.5 Å². The van der Waals surface area contributed by atoms with E-state index in [1.54, 1.807) is 29.4 Å². The molecule has 0 spiro atoms. The zero-order valence-electron chi connectivity index (χ0n) is 13.4. The lowest BCUT2D eigenvalue weighted by molar-refractivity contribution is 0.0537. The van der Waals surface area contributed by atoms with Crippen molar-refractivity contribution in [2.75, 3.05) is 13.1 Å². The van der Waals surface area contributed by atoms with Gasteiger partial charge in [-0.05, 0) is 40.9 Å². The molecule has 0 aromatic carbocycles. The lowest BCUT2D eigenvalue weighted by Crippen LogP contribution is -2.44. The summed E-state index contributed by atoms with van der Waals surface area (Å²) in [5.74, 6) is -0.157. The van der Waals surface area contributed by atoms with Crippen molar-refractivity contribution in [3.63, 3.8) is 0 Å². The maximum absolute atomic E-state index is 12.6. The van der Waals surface area contributed by atoms with Crippen LogP contribution in [0.3, 0.4) is 0 Å². The highest BCUT2D eigenvalue weighted by atomic mass is 79.9. The molecule has 2 amide bonds. The Labute approximate surface area is 153 Å². The highest BCUT2D eigenvalue weighted by Gasteiger charge is 2.26. The SMILES string of the molecule is NC(=O)c1cc(OC2CCCN(C(=O)c3cncc(Br)c3)C2)ccn1. The van der Waals surface area contributed by atoms with E-state index in [0.29, 0.717) is 24.4 Å². The van der Waals surface area contributed by atoms with Gasteiger partial charge in [0.2, 0.25) is 0 Å². The number of piperidine rings is 1. The fraction of sp³-hybridized carbons (Fsp3) is 0.294. The summed E-state index contributed by atoms with van der Waals surface area (Å²) in [4.78, 5) is 33.5. The quantitative estimate of drug-likeness (QED) is 0.839. The number of aromatic nitrogens is 2. The number of hydrogen-bond acceptors (Lipinski definition) is 5. The predicted molar refractivity (Wildman–Crippen MR) is 94.2 cm³/mol. The Morgan fingerprint density at radius 2 is 2.16 bits per heavy atom. The van der Waals surface area contributed by atoms with Gasteiger partial charge < -0.3 is 15.4 Å². The van der Waals surface area contributed by atoms with Gasteiger partial charge in [0, 0.05) is 35.7 Å². The zero-order valence-corrected chi connectivity index (χ0v) is 15.0. The summed E-state index contributed by atoms with van der Waals surface area (Å²) in [6, 6.07) is 4.94. The standard InChI is InChI=1S/C17H17BrN4O3/c18-12-6-11(8-20-9-12)17(24)22-5-1-2-14(10-22)25-13-3-4-21-15(7-13)16(19)23/h3-4,6-9,14H,1-2,5,10H2,(H2,19,23). The number of halogens is 1. The molecule has 3 rings (SSSR count). The van der Waals surface area contributed by atoms with Crippen LogP contribution in [0, 0.1) is 0 Å². The van der Waals surface area contributed by atoms with E-state index in [1.165, 1.54) is 12.3 Å². The van der Waals surface area contributed by atoms with Crippen molar-refractivity contribution in [2.45, 2.75) is 18.9 Å². The van der Waals surface area contributed by atoms with Gasteiger partial charge in [0.25, 0.3) is 11.8 Å². The first-order valence-corrected chi connectivity index (χ1v) is 8.64. The van der Waals surface area contributed by atoms with E-state index in [9.17, 15) is 9.59 Å². The monoisotopic (exact) mass is 404 g/mol. The third-order valence-corrected chi connectivity index (χ3v) is 4.34. The van der Waals surface area contributed by atoms with Gasteiger partial charge in [-0.15, -0.1) is 0 Å². The maximum atomic E-state index is 12.6. The fourth-order valence-corrected chi connectivity index (χ4v) is 3.11. The van der Waals surface area contributed by atoms with Crippen molar-refractivity contribution in [3.8, 4) is 5.75 Å². The molecule has 3 heterocycles. The Hall–Kier alpha value is -2.48. The largest absolute Gasteiger partial charge is 0.488 e. The highest BCUT2D eigenvalue weighted by Crippen LogP contribution is 2.21. The number of rotatable bonds is 4.